The predicted octanol–water partition coefficient (Wildman–Crippen LogP) is 5.27. The molecular formula is C24H25N5O5S. The fourth-order valence-corrected chi connectivity index (χ4v) is 4.04. The molecule has 0 aliphatic rings. The molecule has 0 spiro atoms. The highest BCUT2D eigenvalue weighted by Gasteiger charge is 2.18. The minimum atomic E-state index is -0.603. The number of aromatic nitrogens is 3. The molecule has 2 amide bonds. The Morgan fingerprint density at radius 3 is 2.54 bits per heavy atom. The van der Waals surface area contributed by atoms with Gasteiger partial charge in [-0.05, 0) is 69.7 Å². The Balaban J connectivity index is 1.37. The molecule has 2 aromatic carbocycles. The summed E-state index contributed by atoms with van der Waals surface area (Å²) in [5.41, 5.74) is 1.60. The Morgan fingerprint density at radius 1 is 1.06 bits per heavy atom. The number of ether oxygens (including phenoxy) is 2. The summed E-state index contributed by atoms with van der Waals surface area (Å²) in [6, 6.07) is 12.7. The van der Waals surface area contributed by atoms with E-state index >= 15 is 0 Å². The SMILES string of the molecule is CCOc1ccc(-c2nnc(NC(=O)Cc3ccc4nc(NC(=O)OC(C)(C)C)sc4c3)o2)cc1. The molecule has 0 saturated carbocycles. The van der Waals surface area contributed by atoms with E-state index in [0.29, 0.717) is 28.7 Å². The summed E-state index contributed by atoms with van der Waals surface area (Å²) < 4.78 is 17.1. The maximum Gasteiger partial charge on any atom is 0.413 e. The summed E-state index contributed by atoms with van der Waals surface area (Å²) in [4.78, 5) is 28.9. The summed E-state index contributed by atoms with van der Waals surface area (Å²) in [6.07, 6.45) is -0.469. The van der Waals surface area contributed by atoms with Gasteiger partial charge in [-0.3, -0.25) is 15.4 Å². The summed E-state index contributed by atoms with van der Waals surface area (Å²) >= 11 is 1.30. The summed E-state index contributed by atoms with van der Waals surface area (Å²) in [5, 5.41) is 13.6. The van der Waals surface area contributed by atoms with Crippen LogP contribution in [0, 0.1) is 0 Å². The molecule has 0 bridgehead atoms. The zero-order valence-electron chi connectivity index (χ0n) is 19.7. The van der Waals surface area contributed by atoms with Crippen LogP contribution in [0.1, 0.15) is 33.3 Å². The molecule has 0 atom stereocenters. The van der Waals surface area contributed by atoms with Crippen LogP contribution in [0.3, 0.4) is 0 Å². The molecule has 2 aromatic heterocycles. The Morgan fingerprint density at radius 2 is 1.83 bits per heavy atom. The number of nitrogens with zero attached hydrogens (tertiary/aromatic N) is 3. The quantitative estimate of drug-likeness (QED) is 0.355. The van der Waals surface area contributed by atoms with Crippen molar-refractivity contribution in [3.8, 4) is 17.2 Å². The Labute approximate surface area is 205 Å². The van der Waals surface area contributed by atoms with Gasteiger partial charge in [0, 0.05) is 5.56 Å². The van der Waals surface area contributed by atoms with Gasteiger partial charge < -0.3 is 13.9 Å². The van der Waals surface area contributed by atoms with E-state index in [-0.39, 0.29) is 18.3 Å². The van der Waals surface area contributed by atoms with Crippen molar-refractivity contribution in [3.63, 3.8) is 0 Å². The number of thiazole rings is 1. The summed E-state index contributed by atoms with van der Waals surface area (Å²) in [7, 11) is 0. The third-order valence-corrected chi connectivity index (χ3v) is 5.44. The zero-order chi connectivity index (χ0) is 25.0. The molecule has 0 saturated heterocycles. The average Bonchev–Trinajstić information content (AvgIpc) is 3.39. The highest BCUT2D eigenvalue weighted by Crippen LogP contribution is 2.28. The van der Waals surface area contributed by atoms with Crippen LogP contribution in [-0.4, -0.2) is 39.4 Å². The number of amides is 2. The fraction of sp³-hybridized carbons (Fsp3) is 0.292. The van der Waals surface area contributed by atoms with Crippen LogP contribution >= 0.6 is 11.3 Å². The van der Waals surface area contributed by atoms with Gasteiger partial charge in [-0.15, -0.1) is 5.10 Å². The van der Waals surface area contributed by atoms with Gasteiger partial charge >= 0.3 is 12.1 Å². The number of anilines is 2. The molecule has 35 heavy (non-hydrogen) atoms. The Hall–Kier alpha value is -3.99. The van der Waals surface area contributed by atoms with Gasteiger partial charge in [0.15, 0.2) is 5.13 Å². The number of rotatable bonds is 7. The molecule has 0 aliphatic carbocycles. The van der Waals surface area contributed by atoms with Gasteiger partial charge in [0.1, 0.15) is 11.4 Å². The lowest BCUT2D eigenvalue weighted by molar-refractivity contribution is -0.115. The second kappa shape index (κ2) is 10.1. The van der Waals surface area contributed by atoms with E-state index in [4.69, 9.17) is 13.9 Å². The van der Waals surface area contributed by atoms with E-state index in [1.54, 1.807) is 45.0 Å². The Kier molecular flexibility index (Phi) is 6.97. The Bertz CT molecular complexity index is 1340. The largest absolute Gasteiger partial charge is 0.494 e. The van der Waals surface area contributed by atoms with E-state index < -0.39 is 11.7 Å². The molecule has 11 heteroatoms. The van der Waals surface area contributed by atoms with Gasteiger partial charge in [-0.2, -0.15) is 0 Å². The topological polar surface area (TPSA) is 128 Å². The molecular weight excluding hydrogens is 470 g/mol. The zero-order valence-corrected chi connectivity index (χ0v) is 20.6. The lowest BCUT2D eigenvalue weighted by Crippen LogP contribution is -2.27. The van der Waals surface area contributed by atoms with Gasteiger partial charge in [0.2, 0.25) is 11.8 Å². The fourth-order valence-electron chi connectivity index (χ4n) is 3.12. The highest BCUT2D eigenvalue weighted by atomic mass is 32.1. The smallest absolute Gasteiger partial charge is 0.413 e. The number of carbonyl (C=O) groups is 2. The molecule has 10 nitrogen and oxygen atoms in total. The van der Waals surface area contributed by atoms with Crippen molar-refractivity contribution in [2.75, 3.05) is 17.2 Å². The van der Waals surface area contributed by atoms with Crippen LogP contribution in [0.4, 0.5) is 15.9 Å². The average molecular weight is 496 g/mol. The molecule has 4 aromatic rings. The van der Waals surface area contributed by atoms with Crippen molar-refractivity contribution >= 4 is 44.7 Å². The van der Waals surface area contributed by atoms with Crippen LogP contribution in [0.15, 0.2) is 46.9 Å². The predicted molar refractivity (Wildman–Crippen MR) is 133 cm³/mol. The van der Waals surface area contributed by atoms with Crippen LogP contribution in [-0.2, 0) is 16.0 Å². The molecule has 0 radical (unpaired) electrons. The molecule has 4 rings (SSSR count). The van der Waals surface area contributed by atoms with E-state index in [1.165, 1.54) is 11.3 Å². The van der Waals surface area contributed by atoms with E-state index in [0.717, 1.165) is 16.0 Å². The lowest BCUT2D eigenvalue weighted by Gasteiger charge is -2.18. The number of benzene rings is 2. The van der Waals surface area contributed by atoms with Crippen LogP contribution in [0.2, 0.25) is 0 Å². The van der Waals surface area contributed by atoms with Gasteiger partial charge in [-0.25, -0.2) is 9.78 Å². The molecule has 0 unspecified atom stereocenters. The van der Waals surface area contributed by atoms with E-state index in [9.17, 15) is 9.59 Å². The third-order valence-electron chi connectivity index (χ3n) is 4.51. The van der Waals surface area contributed by atoms with Crippen molar-refractivity contribution in [2.24, 2.45) is 0 Å². The van der Waals surface area contributed by atoms with Gasteiger partial charge in [0.25, 0.3) is 0 Å². The van der Waals surface area contributed by atoms with E-state index in [1.807, 2.05) is 25.1 Å². The van der Waals surface area contributed by atoms with Crippen molar-refractivity contribution in [2.45, 2.75) is 39.7 Å². The first-order chi connectivity index (χ1) is 16.7. The first kappa shape index (κ1) is 24.1. The second-order valence-electron chi connectivity index (χ2n) is 8.54. The van der Waals surface area contributed by atoms with Gasteiger partial charge in [-0.1, -0.05) is 22.5 Å². The first-order valence-electron chi connectivity index (χ1n) is 10.9. The number of hydrogen-bond acceptors (Lipinski definition) is 9. The maximum atomic E-state index is 12.5. The van der Waals surface area contributed by atoms with Crippen molar-refractivity contribution in [1.82, 2.24) is 15.2 Å². The van der Waals surface area contributed by atoms with Gasteiger partial charge in [0.05, 0.1) is 23.2 Å². The molecule has 2 N–H and O–H groups in total. The minimum Gasteiger partial charge on any atom is -0.494 e. The standard InChI is InChI=1S/C24H25N5O5S/c1-5-32-16-9-7-15(8-10-16)20-28-29-21(33-20)26-19(30)13-14-6-11-17-18(12-14)35-22(25-17)27-23(31)34-24(2,3)4/h6-12H,5,13H2,1-4H3,(H,25,27,31)(H,26,29,30). The normalized spacial score (nSPS) is 11.3. The van der Waals surface area contributed by atoms with Crippen LogP contribution in [0.25, 0.3) is 21.7 Å². The number of carbonyl (C=O) groups excluding carboxylic acids is 2. The molecule has 0 aliphatic heterocycles. The monoisotopic (exact) mass is 495 g/mol. The minimum absolute atomic E-state index is 0.0154. The van der Waals surface area contributed by atoms with Crippen molar-refractivity contribution < 1.29 is 23.5 Å². The lowest BCUT2D eigenvalue weighted by atomic mass is 10.1. The molecule has 2 heterocycles. The van der Waals surface area contributed by atoms with Crippen molar-refractivity contribution in [1.29, 1.82) is 0 Å². The second-order valence-corrected chi connectivity index (χ2v) is 9.57. The number of hydrogen-bond donors (Lipinski definition) is 2. The number of nitrogens with one attached hydrogen (secondary N) is 2. The first-order valence-corrected chi connectivity index (χ1v) is 11.8. The molecule has 0 fully saturated rings. The summed E-state index contributed by atoms with van der Waals surface area (Å²) in [6.45, 7) is 7.86. The van der Waals surface area contributed by atoms with E-state index in [2.05, 4.69) is 25.8 Å². The van der Waals surface area contributed by atoms with Crippen molar-refractivity contribution in [3.05, 3.63) is 48.0 Å². The third kappa shape index (κ3) is 6.54. The van der Waals surface area contributed by atoms with Crippen LogP contribution in [0.5, 0.6) is 5.75 Å². The maximum absolute atomic E-state index is 12.5. The molecule has 182 valence electrons. The van der Waals surface area contributed by atoms with Crippen LogP contribution < -0.4 is 15.4 Å². The number of fused-ring (bicyclic) bond motifs is 1. The highest BCUT2D eigenvalue weighted by molar-refractivity contribution is 7.22. The summed E-state index contributed by atoms with van der Waals surface area (Å²) in [5.74, 6) is 0.734.